The number of benzene rings is 2. The molecule has 3 rings (SSSR count). The van der Waals surface area contributed by atoms with Crippen LogP contribution in [0, 0.1) is 11.3 Å². The number of nitriles is 1. The molecule has 0 bridgehead atoms. The molecule has 0 radical (unpaired) electrons. The first-order valence-electron chi connectivity index (χ1n) is 9.48. The summed E-state index contributed by atoms with van der Waals surface area (Å²) in [6.07, 6.45) is 2.91. The average Bonchev–Trinajstić information content (AvgIpc) is 2.88. The van der Waals surface area contributed by atoms with Crippen LogP contribution in [0.1, 0.15) is 51.2 Å². The summed E-state index contributed by atoms with van der Waals surface area (Å²) in [5.41, 5.74) is 5.53. The van der Waals surface area contributed by atoms with Crippen LogP contribution >= 0.6 is 0 Å². The summed E-state index contributed by atoms with van der Waals surface area (Å²) in [6, 6.07) is 18.1. The molecule has 4 heteroatoms. The van der Waals surface area contributed by atoms with E-state index in [2.05, 4.69) is 39.0 Å². The van der Waals surface area contributed by atoms with E-state index in [0.29, 0.717) is 5.56 Å². The van der Waals surface area contributed by atoms with Crippen LogP contribution in [0.25, 0.3) is 11.1 Å². The lowest BCUT2D eigenvalue weighted by Gasteiger charge is -2.40. The number of hydrogen-bond acceptors (Lipinski definition) is 4. The van der Waals surface area contributed by atoms with Crippen LogP contribution in [0.5, 0.6) is 0 Å². The van der Waals surface area contributed by atoms with Gasteiger partial charge in [-0.1, -0.05) is 61.3 Å². The second-order valence-electron chi connectivity index (χ2n) is 7.22. The van der Waals surface area contributed by atoms with Gasteiger partial charge in [0.15, 0.2) is 0 Å². The zero-order valence-corrected chi connectivity index (χ0v) is 16.5. The fourth-order valence-corrected chi connectivity index (χ4v) is 4.07. The third-order valence-corrected chi connectivity index (χ3v) is 5.86. The minimum atomic E-state index is -0.584. The summed E-state index contributed by atoms with van der Waals surface area (Å²) < 4.78 is 0. The molecule has 0 spiro atoms. The molecule has 0 fully saturated rings. The van der Waals surface area contributed by atoms with Crippen LogP contribution in [0.2, 0.25) is 0 Å². The van der Waals surface area contributed by atoms with Gasteiger partial charge < -0.3 is 0 Å². The average molecular weight is 361 g/mol. The van der Waals surface area contributed by atoms with Crippen molar-refractivity contribution in [2.45, 2.75) is 45.6 Å². The highest BCUT2D eigenvalue weighted by molar-refractivity contribution is 5.70. The maximum atomic E-state index is 11.2. The summed E-state index contributed by atoms with van der Waals surface area (Å²) in [4.78, 5) is 0. The van der Waals surface area contributed by atoms with E-state index in [9.17, 15) is 5.21 Å². The van der Waals surface area contributed by atoms with Crippen molar-refractivity contribution in [3.8, 4) is 17.2 Å². The molecule has 0 saturated heterocycles. The summed E-state index contributed by atoms with van der Waals surface area (Å²) in [6.45, 7) is 6.34. The maximum absolute atomic E-state index is 11.2. The van der Waals surface area contributed by atoms with Crippen molar-refractivity contribution >= 4 is 0 Å². The highest BCUT2D eigenvalue weighted by atomic mass is 16.6. The Balaban J connectivity index is 2.22. The molecule has 140 valence electrons. The van der Waals surface area contributed by atoms with Crippen molar-refractivity contribution in [1.29, 1.82) is 5.26 Å². The van der Waals surface area contributed by atoms with E-state index in [-0.39, 0.29) is 0 Å². The topological polar surface area (TPSA) is 50.5 Å². The van der Waals surface area contributed by atoms with E-state index >= 15 is 0 Å². The Morgan fingerprint density at radius 2 is 1.74 bits per heavy atom. The number of hydroxylamine groups is 1. The zero-order chi connectivity index (χ0) is 19.6. The number of hydrogen-bond donors (Lipinski definition) is 1. The van der Waals surface area contributed by atoms with Gasteiger partial charge in [0.25, 0.3) is 0 Å². The Kier molecular flexibility index (Phi) is 5.36. The zero-order valence-electron chi connectivity index (χ0n) is 16.5. The SMILES string of the molecule is CCCCC1(c2ccccc2-c2ccc(C#N)cc2)C(C)=C(C)N(C)N1O. The van der Waals surface area contributed by atoms with Crippen LogP contribution in [0.3, 0.4) is 0 Å². The quantitative estimate of drug-likeness (QED) is 0.768. The highest BCUT2D eigenvalue weighted by Gasteiger charge is 2.48. The van der Waals surface area contributed by atoms with E-state index in [4.69, 9.17) is 5.26 Å². The Bertz CT molecular complexity index is 895. The predicted octanol–water partition coefficient (Wildman–Crippen LogP) is 5.46. The summed E-state index contributed by atoms with van der Waals surface area (Å²) in [7, 11) is 1.90. The van der Waals surface area contributed by atoms with Crippen molar-refractivity contribution in [2.75, 3.05) is 7.05 Å². The van der Waals surface area contributed by atoms with Gasteiger partial charge in [0.2, 0.25) is 0 Å². The lowest BCUT2D eigenvalue weighted by Crippen LogP contribution is -2.46. The van der Waals surface area contributed by atoms with Crippen LogP contribution in [0.4, 0.5) is 0 Å². The summed E-state index contributed by atoms with van der Waals surface area (Å²) >= 11 is 0. The lowest BCUT2D eigenvalue weighted by atomic mass is 9.76. The molecule has 0 saturated carbocycles. The minimum Gasteiger partial charge on any atom is -0.293 e. The lowest BCUT2D eigenvalue weighted by molar-refractivity contribution is -0.265. The molecule has 1 unspecified atom stereocenters. The molecular weight excluding hydrogens is 334 g/mol. The predicted molar refractivity (Wildman–Crippen MR) is 108 cm³/mol. The Morgan fingerprint density at radius 3 is 2.30 bits per heavy atom. The van der Waals surface area contributed by atoms with Gasteiger partial charge in [-0.3, -0.25) is 10.2 Å². The standard InChI is InChI=1S/C23H27N3O/c1-5-6-15-23(17(2)18(3)25(4)26(23)27)22-10-8-7-9-21(22)20-13-11-19(16-24)12-14-20/h7-14,27H,5-6,15H2,1-4H3. The van der Waals surface area contributed by atoms with E-state index in [1.54, 1.807) is 0 Å². The molecule has 1 atom stereocenters. The third kappa shape index (κ3) is 3.03. The summed E-state index contributed by atoms with van der Waals surface area (Å²) in [5.74, 6) is 0. The van der Waals surface area contributed by atoms with Gasteiger partial charge in [0, 0.05) is 12.7 Å². The molecule has 27 heavy (non-hydrogen) atoms. The van der Waals surface area contributed by atoms with Gasteiger partial charge >= 0.3 is 0 Å². The number of rotatable bonds is 5. The van der Waals surface area contributed by atoms with Crippen molar-refractivity contribution in [3.05, 3.63) is 70.9 Å². The van der Waals surface area contributed by atoms with Crippen LogP contribution in [-0.2, 0) is 5.54 Å². The second kappa shape index (κ2) is 7.56. The third-order valence-electron chi connectivity index (χ3n) is 5.86. The first kappa shape index (κ1) is 19.2. The fourth-order valence-electron chi connectivity index (χ4n) is 4.07. The van der Waals surface area contributed by atoms with Gasteiger partial charge in [-0.2, -0.15) is 5.26 Å². The molecule has 0 aromatic heterocycles. The van der Waals surface area contributed by atoms with E-state index in [0.717, 1.165) is 41.6 Å². The number of allylic oxidation sites excluding steroid dienone is 1. The van der Waals surface area contributed by atoms with Gasteiger partial charge in [0.05, 0.1) is 11.6 Å². The van der Waals surface area contributed by atoms with Crippen LogP contribution in [0.15, 0.2) is 59.8 Å². The first-order chi connectivity index (χ1) is 13.0. The van der Waals surface area contributed by atoms with Gasteiger partial charge in [-0.05, 0) is 54.7 Å². The van der Waals surface area contributed by atoms with Crippen molar-refractivity contribution in [2.24, 2.45) is 0 Å². The minimum absolute atomic E-state index is 0.584. The first-order valence-corrected chi connectivity index (χ1v) is 9.48. The normalized spacial score (nSPS) is 20.2. The molecule has 2 aromatic carbocycles. The van der Waals surface area contributed by atoms with E-state index < -0.39 is 5.54 Å². The number of nitrogens with zero attached hydrogens (tertiary/aromatic N) is 3. The Labute approximate surface area is 161 Å². The van der Waals surface area contributed by atoms with Crippen molar-refractivity contribution in [1.82, 2.24) is 10.2 Å². The van der Waals surface area contributed by atoms with Crippen molar-refractivity contribution in [3.63, 3.8) is 0 Å². The highest BCUT2D eigenvalue weighted by Crippen LogP contribution is 2.49. The maximum Gasteiger partial charge on any atom is 0.115 e. The molecule has 0 amide bonds. The van der Waals surface area contributed by atoms with Gasteiger partial charge in [0.1, 0.15) is 5.54 Å². The molecule has 1 aliphatic heterocycles. The van der Waals surface area contributed by atoms with Gasteiger partial charge in [-0.15, -0.1) is 0 Å². The molecule has 1 aliphatic rings. The monoisotopic (exact) mass is 361 g/mol. The van der Waals surface area contributed by atoms with Gasteiger partial charge in [-0.25, -0.2) is 0 Å². The number of hydrazine groups is 1. The van der Waals surface area contributed by atoms with Crippen LogP contribution < -0.4 is 0 Å². The van der Waals surface area contributed by atoms with Crippen LogP contribution in [-0.4, -0.2) is 22.4 Å². The largest absolute Gasteiger partial charge is 0.293 e. The molecule has 1 N–H and O–H groups in total. The molecule has 0 aliphatic carbocycles. The van der Waals surface area contributed by atoms with Crippen molar-refractivity contribution < 1.29 is 5.21 Å². The molecule has 1 heterocycles. The fraction of sp³-hybridized carbons (Fsp3) is 0.348. The van der Waals surface area contributed by atoms with E-state index in [1.165, 1.54) is 10.7 Å². The van der Waals surface area contributed by atoms with E-state index in [1.807, 2.05) is 48.5 Å². The number of unbranched alkanes of at least 4 members (excludes halogenated alkanes) is 1. The second-order valence-corrected chi connectivity index (χ2v) is 7.22. The smallest absolute Gasteiger partial charge is 0.115 e. The molecule has 2 aromatic rings. The molecule has 4 nitrogen and oxygen atoms in total. The Hall–Kier alpha value is -2.61. The Morgan fingerprint density at radius 1 is 1.07 bits per heavy atom. The molecular formula is C23H27N3O. The summed E-state index contributed by atoms with van der Waals surface area (Å²) in [5, 5.41) is 23.5.